The van der Waals surface area contributed by atoms with Gasteiger partial charge >= 0.3 is 0 Å². The lowest BCUT2D eigenvalue weighted by molar-refractivity contribution is 0.102. The lowest BCUT2D eigenvalue weighted by Gasteiger charge is -2.07. The Kier molecular flexibility index (Phi) is 5.11. The van der Waals surface area contributed by atoms with E-state index in [9.17, 15) is 9.90 Å². The van der Waals surface area contributed by atoms with E-state index in [2.05, 4.69) is 10.4 Å². The molecule has 0 saturated carbocycles. The van der Waals surface area contributed by atoms with Crippen molar-refractivity contribution in [3.8, 4) is 11.5 Å². The third-order valence-electron chi connectivity index (χ3n) is 3.24. The lowest BCUT2D eigenvalue weighted by Crippen LogP contribution is -2.14. The van der Waals surface area contributed by atoms with Gasteiger partial charge in [0, 0.05) is 16.2 Å². The lowest BCUT2D eigenvalue weighted by atomic mass is 10.3. The van der Waals surface area contributed by atoms with Crippen molar-refractivity contribution in [2.75, 3.05) is 5.32 Å². The van der Waals surface area contributed by atoms with E-state index in [1.807, 2.05) is 0 Å². The van der Waals surface area contributed by atoms with E-state index >= 15 is 0 Å². The third kappa shape index (κ3) is 4.43. The summed E-state index contributed by atoms with van der Waals surface area (Å²) in [6.07, 6.45) is 1.61. The van der Waals surface area contributed by atoms with E-state index in [0.717, 1.165) is 0 Å². The highest BCUT2D eigenvalue weighted by Gasteiger charge is 2.12. The van der Waals surface area contributed by atoms with Gasteiger partial charge in [-0.3, -0.25) is 4.79 Å². The number of ether oxygens (including phenoxy) is 1. The number of hydrogen-bond acceptors (Lipinski definition) is 4. The van der Waals surface area contributed by atoms with Crippen LogP contribution < -0.4 is 10.1 Å². The van der Waals surface area contributed by atoms with E-state index in [0.29, 0.717) is 15.8 Å². The zero-order chi connectivity index (χ0) is 17.8. The van der Waals surface area contributed by atoms with Crippen molar-refractivity contribution < 1.29 is 14.6 Å². The van der Waals surface area contributed by atoms with Crippen LogP contribution in [0.15, 0.2) is 54.7 Å². The molecule has 0 aliphatic heterocycles. The summed E-state index contributed by atoms with van der Waals surface area (Å²) in [6, 6.07) is 12.9. The summed E-state index contributed by atoms with van der Waals surface area (Å²) >= 11 is 11.7. The fourth-order valence-corrected chi connectivity index (χ4v) is 2.40. The largest absolute Gasteiger partial charge is 0.506 e. The van der Waals surface area contributed by atoms with Crippen molar-refractivity contribution in [2.45, 2.75) is 6.73 Å². The minimum Gasteiger partial charge on any atom is -0.506 e. The van der Waals surface area contributed by atoms with Gasteiger partial charge < -0.3 is 15.2 Å². The normalized spacial score (nSPS) is 10.5. The van der Waals surface area contributed by atoms with Crippen LogP contribution in [0.1, 0.15) is 10.5 Å². The number of halogens is 2. The SMILES string of the molecule is O=C(Nc1cc(Cl)ccc1O)c1ccn(COc2cccc(Cl)c2)n1. The quantitative estimate of drug-likeness (QED) is 0.653. The molecule has 2 aromatic carbocycles. The van der Waals surface area contributed by atoms with E-state index in [1.165, 1.54) is 28.9 Å². The fourth-order valence-electron chi connectivity index (χ4n) is 2.05. The maximum Gasteiger partial charge on any atom is 0.276 e. The first kappa shape index (κ1) is 17.1. The monoisotopic (exact) mass is 377 g/mol. The second-order valence-corrected chi connectivity index (χ2v) is 5.96. The van der Waals surface area contributed by atoms with Gasteiger partial charge in [-0.05, 0) is 42.5 Å². The van der Waals surface area contributed by atoms with Crippen LogP contribution in [-0.2, 0) is 6.73 Å². The number of nitrogens with one attached hydrogen (secondary N) is 1. The molecule has 0 atom stereocenters. The number of aromatic nitrogens is 2. The van der Waals surface area contributed by atoms with Crippen molar-refractivity contribution in [1.82, 2.24) is 9.78 Å². The van der Waals surface area contributed by atoms with Crippen molar-refractivity contribution in [2.24, 2.45) is 0 Å². The summed E-state index contributed by atoms with van der Waals surface area (Å²) in [5, 5.41) is 17.4. The maximum atomic E-state index is 12.2. The molecule has 0 radical (unpaired) electrons. The molecule has 6 nitrogen and oxygen atoms in total. The molecule has 0 aliphatic carbocycles. The van der Waals surface area contributed by atoms with Gasteiger partial charge in [-0.15, -0.1) is 0 Å². The molecular weight excluding hydrogens is 365 g/mol. The predicted octanol–water partition coefficient (Wildman–Crippen LogP) is 4.18. The topological polar surface area (TPSA) is 76.4 Å². The number of hydrogen-bond donors (Lipinski definition) is 2. The molecule has 0 saturated heterocycles. The van der Waals surface area contributed by atoms with Gasteiger partial charge in [0.2, 0.25) is 0 Å². The van der Waals surface area contributed by atoms with E-state index in [-0.39, 0.29) is 23.9 Å². The number of carbonyl (C=O) groups excluding carboxylic acids is 1. The highest BCUT2D eigenvalue weighted by atomic mass is 35.5. The Hall–Kier alpha value is -2.70. The Labute approximate surface area is 153 Å². The van der Waals surface area contributed by atoms with Crippen LogP contribution in [0.4, 0.5) is 5.69 Å². The van der Waals surface area contributed by atoms with Crippen molar-refractivity contribution in [3.05, 3.63) is 70.5 Å². The van der Waals surface area contributed by atoms with Crippen molar-refractivity contribution in [1.29, 1.82) is 0 Å². The number of rotatable bonds is 5. The summed E-state index contributed by atoms with van der Waals surface area (Å²) in [6.45, 7) is 0.121. The smallest absolute Gasteiger partial charge is 0.276 e. The number of amides is 1. The molecule has 1 amide bonds. The summed E-state index contributed by atoms with van der Waals surface area (Å²) in [4.78, 5) is 12.2. The molecule has 3 rings (SSSR count). The standard InChI is InChI=1S/C17H13Cl2N3O3/c18-11-2-1-3-13(8-11)25-10-22-7-6-14(21-22)17(24)20-15-9-12(19)4-5-16(15)23/h1-9,23H,10H2,(H,20,24). The zero-order valence-corrected chi connectivity index (χ0v) is 14.3. The molecule has 2 N–H and O–H groups in total. The van der Waals surface area contributed by atoms with Crippen LogP contribution in [0, 0.1) is 0 Å². The van der Waals surface area contributed by atoms with Gasteiger partial charge in [-0.2, -0.15) is 5.10 Å². The number of nitrogens with zero attached hydrogens (tertiary/aromatic N) is 2. The van der Waals surface area contributed by atoms with Crippen LogP contribution in [-0.4, -0.2) is 20.8 Å². The molecule has 128 valence electrons. The van der Waals surface area contributed by atoms with Gasteiger partial charge in [-0.25, -0.2) is 4.68 Å². The Morgan fingerprint density at radius 1 is 1.16 bits per heavy atom. The van der Waals surface area contributed by atoms with Crippen LogP contribution in [0.2, 0.25) is 10.0 Å². The first-order valence-electron chi connectivity index (χ1n) is 7.23. The molecule has 0 aliphatic rings. The molecule has 0 unspecified atom stereocenters. The summed E-state index contributed by atoms with van der Waals surface area (Å²) in [5.41, 5.74) is 0.385. The molecule has 25 heavy (non-hydrogen) atoms. The number of carbonyl (C=O) groups is 1. The molecule has 0 fully saturated rings. The Balaban J connectivity index is 1.64. The molecule has 8 heteroatoms. The molecule has 1 aromatic heterocycles. The Morgan fingerprint density at radius 2 is 1.96 bits per heavy atom. The van der Waals surface area contributed by atoms with Gasteiger partial charge in [0.25, 0.3) is 5.91 Å². The van der Waals surface area contributed by atoms with Crippen LogP contribution in [0.3, 0.4) is 0 Å². The van der Waals surface area contributed by atoms with Gasteiger partial charge in [0.05, 0.1) is 5.69 Å². The van der Waals surface area contributed by atoms with Gasteiger partial charge in [0.1, 0.15) is 11.5 Å². The molecule has 3 aromatic rings. The van der Waals surface area contributed by atoms with Crippen LogP contribution in [0.5, 0.6) is 11.5 Å². The average Bonchev–Trinajstić information content (AvgIpc) is 3.05. The number of phenolic OH excluding ortho intramolecular Hbond substituents is 1. The van der Waals surface area contributed by atoms with Crippen molar-refractivity contribution in [3.63, 3.8) is 0 Å². The fraction of sp³-hybridized carbons (Fsp3) is 0.0588. The van der Waals surface area contributed by atoms with E-state index in [1.54, 1.807) is 30.5 Å². The van der Waals surface area contributed by atoms with Gasteiger partial charge in [0.15, 0.2) is 12.4 Å². The number of benzene rings is 2. The van der Waals surface area contributed by atoms with Crippen molar-refractivity contribution >= 4 is 34.8 Å². The maximum absolute atomic E-state index is 12.2. The first-order chi connectivity index (χ1) is 12.0. The van der Waals surface area contributed by atoms with Crippen LogP contribution in [0.25, 0.3) is 0 Å². The average molecular weight is 378 g/mol. The summed E-state index contributed by atoms with van der Waals surface area (Å²) < 4.78 is 7.01. The Bertz CT molecular complexity index is 912. The van der Waals surface area contributed by atoms with E-state index < -0.39 is 5.91 Å². The molecule has 1 heterocycles. The predicted molar refractivity (Wildman–Crippen MR) is 95.4 cm³/mol. The minimum atomic E-state index is -0.473. The van der Waals surface area contributed by atoms with E-state index in [4.69, 9.17) is 27.9 Å². The number of aromatic hydroxyl groups is 1. The molecule has 0 bridgehead atoms. The summed E-state index contributed by atoms with van der Waals surface area (Å²) in [5.74, 6) is 0.0402. The minimum absolute atomic E-state index is 0.0820. The Morgan fingerprint density at radius 3 is 2.76 bits per heavy atom. The third-order valence-corrected chi connectivity index (χ3v) is 3.71. The first-order valence-corrected chi connectivity index (χ1v) is 7.98. The molecule has 0 spiro atoms. The second-order valence-electron chi connectivity index (χ2n) is 5.09. The summed E-state index contributed by atoms with van der Waals surface area (Å²) in [7, 11) is 0. The highest BCUT2D eigenvalue weighted by molar-refractivity contribution is 6.31. The second kappa shape index (κ2) is 7.46. The zero-order valence-electron chi connectivity index (χ0n) is 12.8. The number of phenols is 1. The molecular formula is C17H13Cl2N3O3. The van der Waals surface area contributed by atoms with Crippen LogP contribution >= 0.6 is 23.2 Å². The highest BCUT2D eigenvalue weighted by Crippen LogP contribution is 2.26. The van der Waals surface area contributed by atoms with Gasteiger partial charge in [-0.1, -0.05) is 29.3 Å². The number of anilines is 1.